The molecule has 1 heterocycles. The first-order chi connectivity index (χ1) is 13.0. The van der Waals surface area contributed by atoms with E-state index in [0.717, 1.165) is 37.0 Å². The number of para-hydroxylation sites is 1. The monoisotopic (exact) mass is 376 g/mol. The average molecular weight is 376 g/mol. The van der Waals surface area contributed by atoms with Gasteiger partial charge in [-0.1, -0.05) is 36.4 Å². The molecule has 0 saturated carbocycles. The van der Waals surface area contributed by atoms with Gasteiger partial charge >= 0.3 is 6.18 Å². The van der Waals surface area contributed by atoms with Crippen molar-refractivity contribution < 1.29 is 17.9 Å². The van der Waals surface area contributed by atoms with Gasteiger partial charge in [0.1, 0.15) is 5.75 Å². The predicted molar refractivity (Wildman–Crippen MR) is 102 cm³/mol. The van der Waals surface area contributed by atoms with Crippen molar-refractivity contribution in [2.75, 3.05) is 44.7 Å². The van der Waals surface area contributed by atoms with Gasteiger partial charge < -0.3 is 9.64 Å². The van der Waals surface area contributed by atoms with Crippen LogP contribution in [0.25, 0.3) is 6.08 Å². The van der Waals surface area contributed by atoms with Crippen LogP contribution < -0.4 is 9.64 Å². The highest BCUT2D eigenvalue weighted by Gasteiger charge is 2.31. The first-order valence-electron chi connectivity index (χ1n) is 8.91. The zero-order chi connectivity index (χ0) is 19.3. The SMILES string of the molecule is COc1ccccc1/C=C/CN1CCN(c2cccc(C(F)(F)F)c2)CC1. The summed E-state index contributed by atoms with van der Waals surface area (Å²) in [6, 6.07) is 13.4. The molecule has 0 unspecified atom stereocenters. The van der Waals surface area contributed by atoms with Gasteiger partial charge in [-0.2, -0.15) is 13.2 Å². The molecule has 0 bridgehead atoms. The molecule has 6 heteroatoms. The zero-order valence-electron chi connectivity index (χ0n) is 15.2. The molecule has 0 N–H and O–H groups in total. The van der Waals surface area contributed by atoms with Crippen molar-refractivity contribution in [3.05, 3.63) is 65.7 Å². The molecule has 1 fully saturated rings. The van der Waals surface area contributed by atoms with Gasteiger partial charge in [0.2, 0.25) is 0 Å². The Morgan fingerprint density at radius 3 is 2.44 bits per heavy atom. The van der Waals surface area contributed by atoms with Crippen LogP contribution in [0.2, 0.25) is 0 Å². The molecular formula is C21H23F3N2O. The van der Waals surface area contributed by atoms with Crippen molar-refractivity contribution in [2.24, 2.45) is 0 Å². The Kier molecular flexibility index (Phi) is 6.06. The Hall–Kier alpha value is -2.47. The van der Waals surface area contributed by atoms with Crippen LogP contribution in [0, 0.1) is 0 Å². The molecule has 3 rings (SSSR count). The molecule has 3 nitrogen and oxygen atoms in total. The van der Waals surface area contributed by atoms with E-state index >= 15 is 0 Å². The molecule has 27 heavy (non-hydrogen) atoms. The molecule has 1 aliphatic heterocycles. The molecule has 0 spiro atoms. The van der Waals surface area contributed by atoms with E-state index in [1.165, 1.54) is 12.1 Å². The van der Waals surface area contributed by atoms with Crippen LogP contribution in [0.1, 0.15) is 11.1 Å². The second kappa shape index (κ2) is 8.48. The van der Waals surface area contributed by atoms with Gasteiger partial charge in [0, 0.05) is 44.0 Å². The summed E-state index contributed by atoms with van der Waals surface area (Å²) in [4.78, 5) is 4.30. The number of rotatable bonds is 5. The molecule has 0 amide bonds. The Labute approximate surface area is 157 Å². The van der Waals surface area contributed by atoms with Gasteiger partial charge in [0.25, 0.3) is 0 Å². The second-order valence-electron chi connectivity index (χ2n) is 6.48. The number of hydrogen-bond acceptors (Lipinski definition) is 3. The number of nitrogens with zero attached hydrogens (tertiary/aromatic N) is 2. The standard InChI is InChI=1S/C21H23F3N2O/c1-27-20-10-3-2-6-17(20)7-5-11-25-12-14-26(15-13-25)19-9-4-8-18(16-19)21(22,23)24/h2-10,16H,11-15H2,1H3/b7-5+. The molecule has 1 saturated heterocycles. The summed E-state index contributed by atoms with van der Waals surface area (Å²) in [6.45, 7) is 3.85. The predicted octanol–water partition coefficient (Wildman–Crippen LogP) is 4.55. The van der Waals surface area contributed by atoms with E-state index in [1.54, 1.807) is 13.2 Å². The third-order valence-corrected chi connectivity index (χ3v) is 4.71. The number of halogens is 3. The number of anilines is 1. The van der Waals surface area contributed by atoms with Crippen molar-refractivity contribution in [3.8, 4) is 5.75 Å². The van der Waals surface area contributed by atoms with E-state index in [9.17, 15) is 13.2 Å². The maximum absolute atomic E-state index is 12.9. The lowest BCUT2D eigenvalue weighted by atomic mass is 10.1. The largest absolute Gasteiger partial charge is 0.496 e. The van der Waals surface area contributed by atoms with Gasteiger partial charge in [-0.15, -0.1) is 0 Å². The Bertz CT molecular complexity index is 781. The van der Waals surface area contributed by atoms with Crippen LogP contribution in [-0.2, 0) is 6.18 Å². The van der Waals surface area contributed by atoms with Crippen molar-refractivity contribution in [2.45, 2.75) is 6.18 Å². The van der Waals surface area contributed by atoms with Gasteiger partial charge in [-0.3, -0.25) is 4.90 Å². The third kappa shape index (κ3) is 5.04. The van der Waals surface area contributed by atoms with E-state index in [1.807, 2.05) is 35.2 Å². The number of benzene rings is 2. The average Bonchev–Trinajstić information content (AvgIpc) is 2.68. The summed E-state index contributed by atoms with van der Waals surface area (Å²) < 4.78 is 44.0. The molecule has 0 aromatic heterocycles. The van der Waals surface area contributed by atoms with Crippen molar-refractivity contribution >= 4 is 11.8 Å². The maximum atomic E-state index is 12.9. The third-order valence-electron chi connectivity index (χ3n) is 4.71. The molecule has 0 radical (unpaired) electrons. The second-order valence-corrected chi connectivity index (χ2v) is 6.48. The normalized spacial score (nSPS) is 16.1. The molecular weight excluding hydrogens is 353 g/mol. The van der Waals surface area contributed by atoms with Gasteiger partial charge in [-0.05, 0) is 24.3 Å². The van der Waals surface area contributed by atoms with Gasteiger partial charge in [0.15, 0.2) is 0 Å². The number of hydrogen-bond donors (Lipinski definition) is 0. The molecule has 144 valence electrons. The summed E-state index contributed by atoms with van der Waals surface area (Å²) >= 11 is 0. The first-order valence-corrected chi connectivity index (χ1v) is 8.91. The van der Waals surface area contributed by atoms with Crippen molar-refractivity contribution in [3.63, 3.8) is 0 Å². The molecule has 2 aromatic rings. The minimum Gasteiger partial charge on any atom is -0.496 e. The lowest BCUT2D eigenvalue weighted by molar-refractivity contribution is -0.137. The summed E-state index contributed by atoms with van der Waals surface area (Å²) in [6.07, 6.45) is -0.170. The highest BCUT2D eigenvalue weighted by atomic mass is 19.4. The van der Waals surface area contributed by atoms with Crippen LogP contribution in [0.5, 0.6) is 5.75 Å². The Morgan fingerprint density at radius 2 is 1.74 bits per heavy atom. The van der Waals surface area contributed by atoms with Gasteiger partial charge in [-0.25, -0.2) is 0 Å². The van der Waals surface area contributed by atoms with Gasteiger partial charge in [0.05, 0.1) is 12.7 Å². The highest BCUT2D eigenvalue weighted by molar-refractivity contribution is 5.57. The van der Waals surface area contributed by atoms with E-state index in [0.29, 0.717) is 18.8 Å². The zero-order valence-corrected chi connectivity index (χ0v) is 15.2. The Balaban J connectivity index is 1.54. The minimum atomic E-state index is -4.30. The summed E-state index contributed by atoms with van der Waals surface area (Å²) in [5.41, 5.74) is 1.07. The summed E-state index contributed by atoms with van der Waals surface area (Å²) in [5.74, 6) is 0.836. The molecule has 2 aromatic carbocycles. The Morgan fingerprint density at radius 1 is 1.00 bits per heavy atom. The van der Waals surface area contributed by atoms with E-state index < -0.39 is 11.7 Å². The maximum Gasteiger partial charge on any atom is 0.416 e. The van der Waals surface area contributed by atoms with Crippen molar-refractivity contribution in [1.82, 2.24) is 4.90 Å². The van der Waals surface area contributed by atoms with Crippen LogP contribution in [0.3, 0.4) is 0 Å². The number of alkyl halides is 3. The molecule has 1 aliphatic rings. The minimum absolute atomic E-state index is 0.595. The molecule has 0 atom stereocenters. The van der Waals surface area contributed by atoms with E-state index in [-0.39, 0.29) is 0 Å². The number of ether oxygens (including phenoxy) is 1. The number of methoxy groups -OCH3 is 1. The lowest BCUT2D eigenvalue weighted by Gasteiger charge is -2.35. The van der Waals surface area contributed by atoms with Crippen molar-refractivity contribution in [1.29, 1.82) is 0 Å². The van der Waals surface area contributed by atoms with E-state index in [4.69, 9.17) is 4.74 Å². The quantitative estimate of drug-likeness (QED) is 0.761. The topological polar surface area (TPSA) is 15.7 Å². The van der Waals surface area contributed by atoms with Crippen LogP contribution in [0.15, 0.2) is 54.6 Å². The fourth-order valence-electron chi connectivity index (χ4n) is 3.20. The summed E-state index contributed by atoms with van der Waals surface area (Å²) in [5, 5.41) is 0. The summed E-state index contributed by atoms with van der Waals surface area (Å²) in [7, 11) is 1.65. The smallest absolute Gasteiger partial charge is 0.416 e. The van der Waals surface area contributed by atoms with Crippen LogP contribution in [0.4, 0.5) is 18.9 Å². The van der Waals surface area contributed by atoms with Crippen LogP contribution in [-0.4, -0.2) is 44.7 Å². The molecule has 0 aliphatic carbocycles. The van der Waals surface area contributed by atoms with E-state index in [2.05, 4.69) is 11.0 Å². The fraction of sp³-hybridized carbons (Fsp3) is 0.333. The van der Waals surface area contributed by atoms with Crippen LogP contribution >= 0.6 is 0 Å². The fourth-order valence-corrected chi connectivity index (χ4v) is 3.20. The highest BCUT2D eigenvalue weighted by Crippen LogP contribution is 2.31. The first kappa shape index (κ1) is 19.3. The number of piperazine rings is 1. The lowest BCUT2D eigenvalue weighted by Crippen LogP contribution is -2.46.